The van der Waals surface area contributed by atoms with Gasteiger partial charge in [-0.15, -0.1) is 0 Å². The van der Waals surface area contributed by atoms with Gasteiger partial charge in [-0.25, -0.2) is 4.79 Å². The van der Waals surface area contributed by atoms with Gasteiger partial charge in [0, 0.05) is 6.54 Å². The van der Waals surface area contributed by atoms with E-state index in [1.54, 1.807) is 52.0 Å². The lowest BCUT2D eigenvalue weighted by atomic mass is 10.0. The normalized spacial score (nSPS) is 12.8. The molecule has 2 N–H and O–H groups in total. The summed E-state index contributed by atoms with van der Waals surface area (Å²) in [6.45, 7) is 8.83. The second-order valence-electron chi connectivity index (χ2n) is 9.07. The maximum absolute atomic E-state index is 13.5. The number of nitrogens with zero attached hydrogens (tertiary/aromatic N) is 1. The van der Waals surface area contributed by atoms with E-state index in [1.165, 1.54) is 12.0 Å². The van der Waals surface area contributed by atoms with Gasteiger partial charge in [0.05, 0.1) is 7.11 Å². The van der Waals surface area contributed by atoms with Crippen molar-refractivity contribution in [3.8, 4) is 0 Å². The van der Waals surface area contributed by atoms with Gasteiger partial charge in [0.15, 0.2) is 0 Å². The molecule has 0 saturated heterocycles. The van der Waals surface area contributed by atoms with E-state index < -0.39 is 41.6 Å². The Morgan fingerprint density at radius 3 is 2.24 bits per heavy atom. The Labute approximate surface area is 202 Å². The van der Waals surface area contributed by atoms with Crippen molar-refractivity contribution in [2.24, 2.45) is 0 Å². The number of esters is 1. The number of nitrogens with one attached hydrogen (secondary N) is 2. The SMILES string of the molecule is CCCCCCN(C(=O)C(C)NC(=O)OC(C)(C)C)C(C(=O)NCC(=O)OC)c1ccccc1. The van der Waals surface area contributed by atoms with Crippen LogP contribution in [0.15, 0.2) is 30.3 Å². The van der Waals surface area contributed by atoms with Gasteiger partial charge in [-0.1, -0.05) is 56.5 Å². The van der Waals surface area contributed by atoms with Crippen molar-refractivity contribution in [2.75, 3.05) is 20.2 Å². The maximum atomic E-state index is 13.5. The Morgan fingerprint density at radius 2 is 1.68 bits per heavy atom. The highest BCUT2D eigenvalue weighted by molar-refractivity contribution is 5.93. The van der Waals surface area contributed by atoms with Crippen LogP contribution in [0.4, 0.5) is 4.79 Å². The summed E-state index contributed by atoms with van der Waals surface area (Å²) in [4.78, 5) is 52.0. The summed E-state index contributed by atoms with van der Waals surface area (Å²) in [5.74, 6) is -1.53. The van der Waals surface area contributed by atoms with Crippen molar-refractivity contribution >= 4 is 23.9 Å². The van der Waals surface area contributed by atoms with Crippen LogP contribution in [0.1, 0.15) is 71.9 Å². The molecule has 1 aromatic rings. The molecule has 1 aromatic carbocycles. The molecule has 0 aromatic heterocycles. The fourth-order valence-corrected chi connectivity index (χ4v) is 3.31. The molecule has 0 aliphatic heterocycles. The van der Waals surface area contributed by atoms with Crippen molar-refractivity contribution in [3.05, 3.63) is 35.9 Å². The fraction of sp³-hybridized carbons (Fsp3) is 0.600. The number of methoxy groups -OCH3 is 1. The maximum Gasteiger partial charge on any atom is 0.408 e. The lowest BCUT2D eigenvalue weighted by Gasteiger charge is -2.33. The summed E-state index contributed by atoms with van der Waals surface area (Å²) in [5.41, 5.74) is -0.120. The van der Waals surface area contributed by atoms with Crippen LogP contribution in [0.2, 0.25) is 0 Å². The summed E-state index contributed by atoms with van der Waals surface area (Å²) in [7, 11) is 1.23. The molecule has 0 heterocycles. The van der Waals surface area contributed by atoms with Crippen LogP contribution in [-0.4, -0.2) is 60.6 Å². The average Bonchev–Trinajstić information content (AvgIpc) is 2.78. The number of hydrogen-bond acceptors (Lipinski definition) is 6. The first-order chi connectivity index (χ1) is 16.0. The van der Waals surface area contributed by atoms with E-state index in [0.29, 0.717) is 18.5 Å². The lowest BCUT2D eigenvalue weighted by molar-refractivity contribution is -0.144. The molecule has 190 valence electrons. The Bertz CT molecular complexity index is 807. The predicted molar refractivity (Wildman–Crippen MR) is 129 cm³/mol. The number of benzene rings is 1. The van der Waals surface area contributed by atoms with Crippen molar-refractivity contribution in [3.63, 3.8) is 0 Å². The smallest absolute Gasteiger partial charge is 0.408 e. The standard InChI is InChI=1S/C25H39N3O6/c1-7-8-9-13-16-28(23(31)18(2)27-24(32)34-25(3,4)5)21(19-14-11-10-12-15-19)22(30)26-17-20(29)33-6/h10-12,14-15,18,21H,7-9,13,16-17H2,1-6H3,(H,26,30)(H,27,32). The fourth-order valence-electron chi connectivity index (χ4n) is 3.31. The molecule has 0 saturated carbocycles. The van der Waals surface area contributed by atoms with Crippen molar-refractivity contribution in [1.82, 2.24) is 15.5 Å². The van der Waals surface area contributed by atoms with Gasteiger partial charge in [-0.05, 0) is 39.7 Å². The number of carbonyl (C=O) groups is 4. The van der Waals surface area contributed by atoms with Gasteiger partial charge >= 0.3 is 12.1 Å². The highest BCUT2D eigenvalue weighted by Crippen LogP contribution is 2.23. The van der Waals surface area contributed by atoms with E-state index in [1.807, 2.05) is 6.07 Å². The van der Waals surface area contributed by atoms with Crippen LogP contribution in [-0.2, 0) is 23.9 Å². The zero-order valence-corrected chi connectivity index (χ0v) is 21.2. The third kappa shape index (κ3) is 10.2. The molecule has 34 heavy (non-hydrogen) atoms. The number of rotatable bonds is 12. The third-order valence-corrected chi connectivity index (χ3v) is 4.95. The molecule has 0 aliphatic carbocycles. The zero-order valence-electron chi connectivity index (χ0n) is 21.2. The molecule has 1 rings (SSSR count). The number of carbonyl (C=O) groups excluding carboxylic acids is 4. The lowest BCUT2D eigenvalue weighted by Crippen LogP contribution is -2.52. The minimum absolute atomic E-state index is 0.310. The van der Waals surface area contributed by atoms with Crippen LogP contribution in [0, 0.1) is 0 Å². The van der Waals surface area contributed by atoms with Gasteiger partial charge in [-0.2, -0.15) is 0 Å². The summed E-state index contributed by atoms with van der Waals surface area (Å²) in [6.07, 6.45) is 2.88. The molecule has 9 heteroatoms. The zero-order chi connectivity index (χ0) is 25.7. The van der Waals surface area contributed by atoms with Crippen LogP contribution in [0.25, 0.3) is 0 Å². The summed E-state index contributed by atoms with van der Waals surface area (Å²) < 4.78 is 9.88. The number of alkyl carbamates (subject to hydrolysis) is 1. The van der Waals surface area contributed by atoms with Crippen LogP contribution >= 0.6 is 0 Å². The first kappa shape index (κ1) is 28.9. The highest BCUT2D eigenvalue weighted by Gasteiger charge is 2.34. The van der Waals surface area contributed by atoms with Crippen molar-refractivity contribution < 1.29 is 28.7 Å². The minimum Gasteiger partial charge on any atom is -0.468 e. The summed E-state index contributed by atoms with van der Waals surface area (Å²) in [6, 6.07) is 6.95. The molecular weight excluding hydrogens is 438 g/mol. The Kier molecular flexibility index (Phi) is 12.1. The molecule has 2 unspecified atom stereocenters. The van der Waals surface area contributed by atoms with Crippen molar-refractivity contribution in [1.29, 1.82) is 0 Å². The second kappa shape index (κ2) is 14.2. The van der Waals surface area contributed by atoms with Gasteiger partial charge in [0.2, 0.25) is 11.8 Å². The van der Waals surface area contributed by atoms with Gasteiger partial charge in [-0.3, -0.25) is 14.4 Å². The van der Waals surface area contributed by atoms with E-state index in [0.717, 1.165) is 19.3 Å². The van der Waals surface area contributed by atoms with Crippen LogP contribution in [0.3, 0.4) is 0 Å². The first-order valence-corrected chi connectivity index (χ1v) is 11.7. The highest BCUT2D eigenvalue weighted by atomic mass is 16.6. The van der Waals surface area contributed by atoms with Crippen molar-refractivity contribution in [2.45, 2.75) is 78.0 Å². The van der Waals surface area contributed by atoms with Gasteiger partial charge in [0.25, 0.3) is 0 Å². The quantitative estimate of drug-likeness (QED) is 0.353. The summed E-state index contributed by atoms with van der Waals surface area (Å²) >= 11 is 0. The van der Waals surface area contributed by atoms with E-state index in [9.17, 15) is 19.2 Å². The third-order valence-electron chi connectivity index (χ3n) is 4.95. The van der Waals surface area contributed by atoms with Crippen LogP contribution in [0.5, 0.6) is 0 Å². The van der Waals surface area contributed by atoms with Crippen LogP contribution < -0.4 is 10.6 Å². The van der Waals surface area contributed by atoms with Gasteiger partial charge in [0.1, 0.15) is 24.2 Å². The number of unbranched alkanes of at least 4 members (excludes halogenated alkanes) is 3. The molecule has 0 aliphatic rings. The second-order valence-corrected chi connectivity index (χ2v) is 9.07. The topological polar surface area (TPSA) is 114 Å². The monoisotopic (exact) mass is 477 g/mol. The molecule has 0 bridgehead atoms. The number of hydrogen-bond donors (Lipinski definition) is 2. The van der Waals surface area contributed by atoms with E-state index in [4.69, 9.17) is 4.74 Å². The number of ether oxygens (including phenoxy) is 2. The molecule has 0 fully saturated rings. The Morgan fingerprint density at radius 1 is 1.03 bits per heavy atom. The largest absolute Gasteiger partial charge is 0.468 e. The van der Waals surface area contributed by atoms with E-state index >= 15 is 0 Å². The molecule has 0 spiro atoms. The van der Waals surface area contributed by atoms with Gasteiger partial charge < -0.3 is 25.0 Å². The Balaban J connectivity index is 3.21. The summed E-state index contributed by atoms with van der Waals surface area (Å²) in [5, 5.41) is 5.12. The minimum atomic E-state index is -0.983. The molecule has 9 nitrogen and oxygen atoms in total. The molecule has 2 atom stereocenters. The predicted octanol–water partition coefficient (Wildman–Crippen LogP) is 3.34. The Hall–Kier alpha value is -3.10. The molecule has 3 amide bonds. The average molecular weight is 478 g/mol. The molecule has 0 radical (unpaired) electrons. The van der Waals surface area contributed by atoms with E-state index in [-0.39, 0.29) is 6.54 Å². The number of amides is 3. The van der Waals surface area contributed by atoms with E-state index in [2.05, 4.69) is 22.3 Å². The first-order valence-electron chi connectivity index (χ1n) is 11.7. The molecular formula is C25H39N3O6.